The van der Waals surface area contributed by atoms with E-state index < -0.39 is 0 Å². The van der Waals surface area contributed by atoms with Gasteiger partial charge in [-0.15, -0.1) is 0 Å². The second-order valence-electron chi connectivity index (χ2n) is 7.07. The van der Waals surface area contributed by atoms with Gasteiger partial charge >= 0.3 is 0 Å². The third-order valence-corrected chi connectivity index (χ3v) is 5.92. The van der Waals surface area contributed by atoms with E-state index in [4.69, 9.17) is 10.1 Å². The van der Waals surface area contributed by atoms with E-state index >= 15 is 0 Å². The van der Waals surface area contributed by atoms with Gasteiger partial charge in [-0.3, -0.25) is 9.78 Å². The molecule has 1 amide bonds. The number of pyridine rings is 2. The zero-order valence-electron chi connectivity index (χ0n) is 15.2. The molecule has 0 saturated carbocycles. The van der Waals surface area contributed by atoms with Crippen molar-refractivity contribution < 1.29 is 4.79 Å². The summed E-state index contributed by atoms with van der Waals surface area (Å²) in [6, 6.07) is 9.98. The number of rotatable bonds is 4. The Labute approximate surface area is 166 Å². The number of fused-ring (bicyclic) bond motifs is 1. The maximum absolute atomic E-state index is 12.5. The maximum atomic E-state index is 12.5. The van der Waals surface area contributed by atoms with Crippen molar-refractivity contribution in [3.63, 3.8) is 0 Å². The Morgan fingerprint density at radius 2 is 2.18 bits per heavy atom. The first kappa shape index (κ1) is 17.1. The molecule has 7 heteroatoms. The molecule has 5 rings (SSSR count). The van der Waals surface area contributed by atoms with Crippen LogP contribution in [0.3, 0.4) is 0 Å². The minimum Gasteiger partial charge on any atom is -0.342 e. The second-order valence-corrected chi connectivity index (χ2v) is 7.85. The van der Waals surface area contributed by atoms with Crippen molar-refractivity contribution in [2.45, 2.75) is 18.8 Å². The van der Waals surface area contributed by atoms with Crippen LogP contribution in [-0.2, 0) is 11.2 Å². The molecule has 4 aromatic heterocycles. The summed E-state index contributed by atoms with van der Waals surface area (Å²) < 4.78 is 1.83. The highest BCUT2D eigenvalue weighted by Crippen LogP contribution is 2.27. The van der Waals surface area contributed by atoms with Crippen molar-refractivity contribution in [3.05, 3.63) is 71.1 Å². The number of amides is 1. The molecule has 0 unspecified atom stereocenters. The molecule has 5 heterocycles. The maximum Gasteiger partial charge on any atom is 0.227 e. The molecule has 1 aliphatic heterocycles. The average molecular weight is 389 g/mol. The van der Waals surface area contributed by atoms with E-state index in [0.717, 1.165) is 41.1 Å². The van der Waals surface area contributed by atoms with Crippen LogP contribution in [0.1, 0.15) is 23.7 Å². The lowest BCUT2D eigenvalue weighted by molar-refractivity contribution is -0.129. The number of likely N-dealkylation sites (tertiary alicyclic amines) is 1. The van der Waals surface area contributed by atoms with Crippen LogP contribution in [0.4, 0.5) is 0 Å². The van der Waals surface area contributed by atoms with E-state index in [-0.39, 0.29) is 11.8 Å². The fourth-order valence-corrected chi connectivity index (χ4v) is 4.32. The first-order valence-corrected chi connectivity index (χ1v) is 10.3. The Balaban J connectivity index is 1.33. The highest BCUT2D eigenvalue weighted by Gasteiger charge is 2.30. The van der Waals surface area contributed by atoms with Crippen molar-refractivity contribution >= 4 is 22.9 Å². The van der Waals surface area contributed by atoms with Crippen molar-refractivity contribution in [3.8, 4) is 11.1 Å². The Hall–Kier alpha value is -3.06. The van der Waals surface area contributed by atoms with E-state index in [2.05, 4.69) is 4.98 Å². The summed E-state index contributed by atoms with van der Waals surface area (Å²) in [6.07, 6.45) is 6.97. The molecular formula is C21H19N5OS. The van der Waals surface area contributed by atoms with Crippen molar-refractivity contribution in [2.24, 2.45) is 0 Å². The third kappa shape index (κ3) is 3.29. The molecule has 4 aromatic rings. The fraction of sp³-hybridized carbons (Fsp3) is 0.238. The lowest BCUT2D eigenvalue weighted by atomic mass is 10.1. The van der Waals surface area contributed by atoms with Gasteiger partial charge in [0.1, 0.15) is 0 Å². The summed E-state index contributed by atoms with van der Waals surface area (Å²) in [7, 11) is 0. The molecule has 1 atom stereocenters. The van der Waals surface area contributed by atoms with Gasteiger partial charge in [0, 0.05) is 48.7 Å². The first-order chi connectivity index (χ1) is 13.8. The molecule has 0 aromatic carbocycles. The highest BCUT2D eigenvalue weighted by atomic mass is 32.1. The standard InChI is InChI=1S/C21H19N5OS/c27-20(10-15-6-9-28-14-15)25-8-5-18(12-25)21-23-19-4-3-17(13-26(19)24-21)16-2-1-7-22-11-16/h1-4,6-7,9,11,13-14,18H,5,8,10,12H2/t18-/m1/s1. The van der Waals surface area contributed by atoms with E-state index in [0.29, 0.717) is 13.0 Å². The van der Waals surface area contributed by atoms with E-state index in [1.54, 1.807) is 17.5 Å². The summed E-state index contributed by atoms with van der Waals surface area (Å²) in [6.45, 7) is 1.46. The van der Waals surface area contributed by atoms with Gasteiger partial charge in [-0.25, -0.2) is 9.50 Å². The summed E-state index contributed by atoms with van der Waals surface area (Å²) in [4.78, 5) is 23.4. The van der Waals surface area contributed by atoms with Crippen LogP contribution in [0.15, 0.2) is 59.7 Å². The zero-order valence-corrected chi connectivity index (χ0v) is 16.0. The van der Waals surface area contributed by atoms with Gasteiger partial charge in [-0.1, -0.05) is 6.07 Å². The van der Waals surface area contributed by atoms with Gasteiger partial charge < -0.3 is 4.90 Å². The zero-order chi connectivity index (χ0) is 18.9. The lowest BCUT2D eigenvalue weighted by Crippen LogP contribution is -2.29. The normalized spacial score (nSPS) is 16.7. The van der Waals surface area contributed by atoms with Gasteiger partial charge in [-0.2, -0.15) is 16.4 Å². The van der Waals surface area contributed by atoms with Gasteiger partial charge in [0.25, 0.3) is 0 Å². The quantitative estimate of drug-likeness (QED) is 0.537. The van der Waals surface area contributed by atoms with Crippen LogP contribution in [-0.4, -0.2) is 43.5 Å². The minimum absolute atomic E-state index is 0.184. The SMILES string of the molecule is O=C(Cc1ccsc1)N1CC[C@@H](c2nc3ccc(-c4cccnc4)cn3n2)C1. The van der Waals surface area contributed by atoms with Crippen LogP contribution in [0, 0.1) is 0 Å². The smallest absolute Gasteiger partial charge is 0.227 e. The minimum atomic E-state index is 0.184. The van der Waals surface area contributed by atoms with Crippen LogP contribution < -0.4 is 0 Å². The lowest BCUT2D eigenvalue weighted by Gasteiger charge is -2.15. The van der Waals surface area contributed by atoms with Gasteiger partial charge in [0.05, 0.1) is 6.42 Å². The van der Waals surface area contributed by atoms with E-state index in [1.165, 1.54) is 0 Å². The number of hydrogen-bond donors (Lipinski definition) is 0. The molecule has 1 fully saturated rings. The molecule has 28 heavy (non-hydrogen) atoms. The molecular weight excluding hydrogens is 370 g/mol. The van der Waals surface area contributed by atoms with Crippen LogP contribution >= 0.6 is 11.3 Å². The number of carbonyl (C=O) groups is 1. The van der Waals surface area contributed by atoms with Crippen molar-refractivity contribution in [2.75, 3.05) is 13.1 Å². The predicted octanol–water partition coefficient (Wildman–Crippen LogP) is 3.41. The largest absolute Gasteiger partial charge is 0.342 e. The van der Waals surface area contributed by atoms with Crippen LogP contribution in [0.5, 0.6) is 0 Å². The van der Waals surface area contributed by atoms with Crippen LogP contribution in [0.2, 0.25) is 0 Å². The molecule has 0 bridgehead atoms. The first-order valence-electron chi connectivity index (χ1n) is 9.32. The molecule has 0 spiro atoms. The fourth-order valence-electron chi connectivity index (χ4n) is 3.65. The monoisotopic (exact) mass is 389 g/mol. The summed E-state index contributed by atoms with van der Waals surface area (Å²) >= 11 is 1.63. The molecule has 140 valence electrons. The number of carbonyl (C=O) groups excluding carboxylic acids is 1. The molecule has 0 N–H and O–H groups in total. The Kier molecular flexibility index (Phi) is 4.37. The van der Waals surface area contributed by atoms with Crippen molar-refractivity contribution in [1.82, 2.24) is 24.5 Å². The molecule has 1 saturated heterocycles. The summed E-state index contributed by atoms with van der Waals surface area (Å²) in [5.41, 5.74) is 4.02. The summed E-state index contributed by atoms with van der Waals surface area (Å²) in [5.74, 6) is 1.19. The molecule has 0 aliphatic carbocycles. The van der Waals surface area contributed by atoms with Gasteiger partial charge in [0.2, 0.25) is 5.91 Å². The van der Waals surface area contributed by atoms with Crippen molar-refractivity contribution in [1.29, 1.82) is 0 Å². The number of thiophene rings is 1. The molecule has 1 aliphatic rings. The molecule has 6 nitrogen and oxygen atoms in total. The van der Waals surface area contributed by atoms with Crippen LogP contribution in [0.25, 0.3) is 16.8 Å². The Morgan fingerprint density at radius 1 is 1.21 bits per heavy atom. The van der Waals surface area contributed by atoms with E-state index in [1.807, 2.05) is 62.9 Å². The topological polar surface area (TPSA) is 63.4 Å². The highest BCUT2D eigenvalue weighted by molar-refractivity contribution is 7.08. The Bertz CT molecular complexity index is 1110. The third-order valence-electron chi connectivity index (χ3n) is 5.18. The molecule has 0 radical (unpaired) electrons. The number of hydrogen-bond acceptors (Lipinski definition) is 5. The van der Waals surface area contributed by atoms with Gasteiger partial charge in [-0.05, 0) is 47.0 Å². The number of nitrogens with zero attached hydrogens (tertiary/aromatic N) is 5. The second kappa shape index (κ2) is 7.16. The Morgan fingerprint density at radius 3 is 3.00 bits per heavy atom. The predicted molar refractivity (Wildman–Crippen MR) is 108 cm³/mol. The van der Waals surface area contributed by atoms with E-state index in [9.17, 15) is 4.79 Å². The van der Waals surface area contributed by atoms with Gasteiger partial charge in [0.15, 0.2) is 11.5 Å². The summed E-state index contributed by atoms with van der Waals surface area (Å²) in [5, 5.41) is 8.75. The number of aromatic nitrogens is 4. The average Bonchev–Trinajstić information content (AvgIpc) is 3.47.